The summed E-state index contributed by atoms with van der Waals surface area (Å²) in [5.41, 5.74) is -0.0997. The topological polar surface area (TPSA) is 57.6 Å². The number of carbonyl (C=O) groups excluding carboxylic acids is 2. The summed E-state index contributed by atoms with van der Waals surface area (Å²) in [7, 11) is 0. The predicted octanol–water partition coefficient (Wildman–Crippen LogP) is 3.31. The molecule has 1 saturated heterocycles. The monoisotopic (exact) mass is 357 g/mol. The second kappa shape index (κ2) is 6.82. The molecule has 2 atom stereocenters. The standard InChI is InChI=1S/C23H19NO3/c25-21-20(16-17-10-4-1-5-11-17)23(27,18-12-6-2-7-13-18)22(26)24(21)19-14-8-3-9-15-19/h1-15,20,27H,16H2/t20-,23-/m0/s1. The van der Waals surface area contributed by atoms with Crippen LogP contribution < -0.4 is 4.90 Å². The summed E-state index contributed by atoms with van der Waals surface area (Å²) in [5, 5.41) is 11.5. The molecule has 0 spiro atoms. The van der Waals surface area contributed by atoms with E-state index >= 15 is 0 Å². The van der Waals surface area contributed by atoms with Crippen molar-refractivity contribution < 1.29 is 14.7 Å². The van der Waals surface area contributed by atoms with Crippen LogP contribution in [-0.2, 0) is 21.6 Å². The first kappa shape index (κ1) is 17.2. The fourth-order valence-electron chi connectivity index (χ4n) is 3.68. The summed E-state index contributed by atoms with van der Waals surface area (Å²) in [6.07, 6.45) is 0.278. The molecule has 3 aromatic rings. The molecule has 1 N–H and O–H groups in total. The van der Waals surface area contributed by atoms with E-state index < -0.39 is 17.4 Å². The van der Waals surface area contributed by atoms with E-state index in [0.717, 1.165) is 10.5 Å². The highest BCUT2D eigenvalue weighted by Crippen LogP contribution is 2.42. The van der Waals surface area contributed by atoms with E-state index in [1.807, 2.05) is 42.5 Å². The molecule has 2 amide bonds. The van der Waals surface area contributed by atoms with Crippen molar-refractivity contribution in [3.05, 3.63) is 102 Å². The molecule has 1 heterocycles. The summed E-state index contributed by atoms with van der Waals surface area (Å²) in [6, 6.07) is 26.9. The Morgan fingerprint density at radius 2 is 1.30 bits per heavy atom. The molecule has 1 fully saturated rings. The Bertz CT molecular complexity index is 957. The number of hydrogen-bond acceptors (Lipinski definition) is 3. The lowest BCUT2D eigenvalue weighted by molar-refractivity contribution is -0.139. The summed E-state index contributed by atoms with van der Waals surface area (Å²) >= 11 is 0. The molecule has 4 nitrogen and oxygen atoms in total. The van der Waals surface area contributed by atoms with Crippen LogP contribution in [0, 0.1) is 5.92 Å². The fraction of sp³-hybridized carbons (Fsp3) is 0.130. The maximum Gasteiger partial charge on any atom is 0.271 e. The van der Waals surface area contributed by atoms with Crippen LogP contribution in [0.4, 0.5) is 5.69 Å². The second-order valence-corrected chi connectivity index (χ2v) is 6.69. The van der Waals surface area contributed by atoms with Gasteiger partial charge in [0.05, 0.1) is 11.6 Å². The molecular weight excluding hydrogens is 338 g/mol. The van der Waals surface area contributed by atoms with Gasteiger partial charge in [0, 0.05) is 0 Å². The zero-order valence-corrected chi connectivity index (χ0v) is 14.7. The molecule has 1 aliphatic heterocycles. The van der Waals surface area contributed by atoms with E-state index in [4.69, 9.17) is 0 Å². The van der Waals surface area contributed by atoms with Crippen LogP contribution in [0.15, 0.2) is 91.0 Å². The number of rotatable bonds is 4. The predicted molar refractivity (Wildman–Crippen MR) is 103 cm³/mol. The van der Waals surface area contributed by atoms with Gasteiger partial charge in [0.15, 0.2) is 5.60 Å². The lowest BCUT2D eigenvalue weighted by Gasteiger charge is -2.26. The smallest absolute Gasteiger partial charge is 0.271 e. The number of anilines is 1. The lowest BCUT2D eigenvalue weighted by atomic mass is 9.80. The number of imide groups is 1. The van der Waals surface area contributed by atoms with E-state index in [1.165, 1.54) is 0 Å². The number of amides is 2. The molecule has 1 aliphatic rings. The van der Waals surface area contributed by atoms with Crippen molar-refractivity contribution in [2.75, 3.05) is 4.90 Å². The summed E-state index contributed by atoms with van der Waals surface area (Å²) < 4.78 is 0. The normalized spacial score (nSPS) is 22.3. The molecule has 4 heteroatoms. The minimum atomic E-state index is -1.90. The van der Waals surface area contributed by atoms with Gasteiger partial charge >= 0.3 is 0 Å². The van der Waals surface area contributed by atoms with Crippen molar-refractivity contribution in [3.63, 3.8) is 0 Å². The summed E-state index contributed by atoms with van der Waals surface area (Å²) in [4.78, 5) is 27.7. The molecule has 0 radical (unpaired) electrons. The van der Waals surface area contributed by atoms with E-state index in [9.17, 15) is 14.7 Å². The van der Waals surface area contributed by atoms with Crippen molar-refractivity contribution in [1.29, 1.82) is 0 Å². The van der Waals surface area contributed by atoms with Gasteiger partial charge in [0.1, 0.15) is 0 Å². The van der Waals surface area contributed by atoms with Gasteiger partial charge in [0.25, 0.3) is 5.91 Å². The zero-order valence-electron chi connectivity index (χ0n) is 14.7. The van der Waals surface area contributed by atoms with Crippen molar-refractivity contribution in [2.24, 2.45) is 5.92 Å². The Kier molecular flexibility index (Phi) is 4.34. The SMILES string of the molecule is O=C1[C@H](Cc2ccccc2)[C@@](O)(c2ccccc2)C(=O)N1c1ccccc1. The largest absolute Gasteiger partial charge is 0.375 e. The quantitative estimate of drug-likeness (QED) is 0.729. The van der Waals surface area contributed by atoms with E-state index in [0.29, 0.717) is 11.3 Å². The Morgan fingerprint density at radius 3 is 1.89 bits per heavy atom. The van der Waals surface area contributed by atoms with Crippen LogP contribution in [0.5, 0.6) is 0 Å². The maximum absolute atomic E-state index is 13.3. The lowest BCUT2D eigenvalue weighted by Crippen LogP contribution is -2.41. The van der Waals surface area contributed by atoms with Crippen LogP contribution in [0.2, 0.25) is 0 Å². The van der Waals surface area contributed by atoms with Gasteiger partial charge in [-0.25, -0.2) is 4.90 Å². The molecule has 3 aromatic carbocycles. The Hall–Kier alpha value is -3.24. The Morgan fingerprint density at radius 1 is 0.778 bits per heavy atom. The van der Waals surface area contributed by atoms with Crippen LogP contribution in [0.25, 0.3) is 0 Å². The van der Waals surface area contributed by atoms with Gasteiger partial charge in [-0.2, -0.15) is 0 Å². The zero-order chi connectivity index (χ0) is 18.9. The van der Waals surface area contributed by atoms with E-state index in [2.05, 4.69) is 0 Å². The second-order valence-electron chi connectivity index (χ2n) is 6.69. The Balaban J connectivity index is 1.83. The van der Waals surface area contributed by atoms with E-state index in [-0.39, 0.29) is 12.3 Å². The highest BCUT2D eigenvalue weighted by molar-refractivity contribution is 6.25. The first-order chi connectivity index (χ1) is 13.1. The van der Waals surface area contributed by atoms with Crippen molar-refractivity contribution in [1.82, 2.24) is 0 Å². The van der Waals surface area contributed by atoms with Gasteiger partial charge in [-0.15, -0.1) is 0 Å². The van der Waals surface area contributed by atoms with Crippen LogP contribution in [0.1, 0.15) is 11.1 Å². The minimum absolute atomic E-state index is 0.278. The van der Waals surface area contributed by atoms with E-state index in [1.54, 1.807) is 48.5 Å². The van der Waals surface area contributed by atoms with Gasteiger partial charge in [0.2, 0.25) is 5.91 Å². The number of nitrogens with zero attached hydrogens (tertiary/aromatic N) is 1. The molecule has 0 unspecified atom stereocenters. The number of carbonyl (C=O) groups is 2. The first-order valence-electron chi connectivity index (χ1n) is 8.87. The number of aliphatic hydroxyl groups is 1. The summed E-state index contributed by atoms with van der Waals surface area (Å²) in [5.74, 6) is -1.89. The van der Waals surface area contributed by atoms with Gasteiger partial charge in [-0.1, -0.05) is 78.9 Å². The van der Waals surface area contributed by atoms with Crippen molar-refractivity contribution in [2.45, 2.75) is 12.0 Å². The molecule has 0 aliphatic carbocycles. The molecular formula is C23H19NO3. The third kappa shape index (κ3) is 2.84. The Labute approximate surface area is 157 Å². The number of para-hydroxylation sites is 1. The molecule has 134 valence electrons. The van der Waals surface area contributed by atoms with Crippen LogP contribution in [0.3, 0.4) is 0 Å². The van der Waals surface area contributed by atoms with Gasteiger partial charge in [-0.05, 0) is 29.7 Å². The molecule has 0 saturated carbocycles. The third-order valence-electron chi connectivity index (χ3n) is 5.06. The van der Waals surface area contributed by atoms with Crippen LogP contribution in [-0.4, -0.2) is 16.9 Å². The average molecular weight is 357 g/mol. The highest BCUT2D eigenvalue weighted by atomic mass is 16.3. The maximum atomic E-state index is 13.3. The molecule has 4 rings (SSSR count). The first-order valence-corrected chi connectivity index (χ1v) is 8.87. The van der Waals surface area contributed by atoms with Crippen LogP contribution >= 0.6 is 0 Å². The van der Waals surface area contributed by atoms with Crippen molar-refractivity contribution in [3.8, 4) is 0 Å². The highest BCUT2D eigenvalue weighted by Gasteiger charge is 2.59. The fourth-order valence-corrected chi connectivity index (χ4v) is 3.68. The minimum Gasteiger partial charge on any atom is -0.375 e. The third-order valence-corrected chi connectivity index (χ3v) is 5.06. The molecule has 0 aromatic heterocycles. The number of benzene rings is 3. The average Bonchev–Trinajstić information content (AvgIpc) is 2.91. The summed E-state index contributed by atoms with van der Waals surface area (Å²) in [6.45, 7) is 0. The molecule has 27 heavy (non-hydrogen) atoms. The van der Waals surface area contributed by atoms with Gasteiger partial charge < -0.3 is 5.11 Å². The van der Waals surface area contributed by atoms with Gasteiger partial charge in [-0.3, -0.25) is 9.59 Å². The van der Waals surface area contributed by atoms with Crippen molar-refractivity contribution >= 4 is 17.5 Å². The molecule has 0 bridgehead atoms. The number of hydrogen-bond donors (Lipinski definition) is 1.